The van der Waals surface area contributed by atoms with Crippen LogP contribution in [0.2, 0.25) is 5.02 Å². The van der Waals surface area contributed by atoms with Gasteiger partial charge in [-0.25, -0.2) is 4.98 Å². The maximum absolute atomic E-state index is 13.2. The van der Waals surface area contributed by atoms with Crippen LogP contribution in [0.25, 0.3) is 5.65 Å². The summed E-state index contributed by atoms with van der Waals surface area (Å²) in [4.78, 5) is 19.1. The molecule has 0 radical (unpaired) electrons. The number of imidazole rings is 1. The Morgan fingerprint density at radius 1 is 1.35 bits per heavy atom. The van der Waals surface area contributed by atoms with Gasteiger partial charge in [0.25, 0.3) is 5.91 Å². The highest BCUT2D eigenvalue weighted by molar-refractivity contribution is 6.33. The molecule has 1 aliphatic carbocycles. The molecule has 0 aliphatic heterocycles. The van der Waals surface area contributed by atoms with Crippen molar-refractivity contribution in [2.75, 3.05) is 7.05 Å². The molecule has 3 rings (SSSR count). The van der Waals surface area contributed by atoms with E-state index in [0.717, 1.165) is 44.4 Å². The number of carbonyl (C=O) groups excluding carboxylic acids is 1. The van der Waals surface area contributed by atoms with Crippen molar-refractivity contribution < 1.29 is 18.0 Å². The van der Waals surface area contributed by atoms with E-state index in [1.807, 2.05) is 6.92 Å². The Balaban J connectivity index is 2.10. The van der Waals surface area contributed by atoms with Crippen LogP contribution < -0.4 is 0 Å². The van der Waals surface area contributed by atoms with E-state index in [9.17, 15) is 18.0 Å². The van der Waals surface area contributed by atoms with Gasteiger partial charge in [-0.2, -0.15) is 13.2 Å². The maximum Gasteiger partial charge on any atom is 0.417 e. The fourth-order valence-corrected chi connectivity index (χ4v) is 3.83. The van der Waals surface area contributed by atoms with E-state index in [1.54, 1.807) is 11.9 Å². The van der Waals surface area contributed by atoms with Gasteiger partial charge in [-0.15, -0.1) is 0 Å². The lowest BCUT2D eigenvalue weighted by atomic mass is 9.94. The largest absolute Gasteiger partial charge is 0.417 e. The van der Waals surface area contributed by atoms with Crippen molar-refractivity contribution in [2.45, 2.75) is 57.7 Å². The molecule has 1 aliphatic rings. The molecule has 26 heavy (non-hydrogen) atoms. The maximum atomic E-state index is 13.2. The Labute approximate surface area is 154 Å². The van der Waals surface area contributed by atoms with Gasteiger partial charge in [0.05, 0.1) is 16.3 Å². The number of alkyl halides is 3. The molecule has 0 spiro atoms. The second-order valence-electron chi connectivity index (χ2n) is 6.74. The van der Waals surface area contributed by atoms with Crippen LogP contribution in [0.15, 0.2) is 12.3 Å². The molecule has 2 aromatic heterocycles. The van der Waals surface area contributed by atoms with Gasteiger partial charge in [-0.1, -0.05) is 37.8 Å². The topological polar surface area (TPSA) is 37.6 Å². The Morgan fingerprint density at radius 2 is 2.00 bits per heavy atom. The van der Waals surface area contributed by atoms with Gasteiger partial charge in [-0.05, 0) is 25.3 Å². The molecule has 1 fully saturated rings. The Kier molecular flexibility index (Phi) is 5.19. The zero-order chi connectivity index (χ0) is 19.1. The number of carbonyl (C=O) groups is 1. The van der Waals surface area contributed by atoms with Crippen molar-refractivity contribution in [1.29, 1.82) is 0 Å². The van der Waals surface area contributed by atoms with E-state index in [0.29, 0.717) is 12.1 Å². The number of hydrogen-bond donors (Lipinski definition) is 0. The number of aryl methyl sites for hydroxylation is 1. The number of hydrogen-bond acceptors (Lipinski definition) is 2. The number of aromatic nitrogens is 2. The van der Waals surface area contributed by atoms with Crippen molar-refractivity contribution in [3.63, 3.8) is 0 Å². The average molecular weight is 388 g/mol. The van der Waals surface area contributed by atoms with Crippen molar-refractivity contribution in [3.8, 4) is 0 Å². The summed E-state index contributed by atoms with van der Waals surface area (Å²) in [5.74, 6) is -0.309. The summed E-state index contributed by atoms with van der Waals surface area (Å²) in [6, 6.07) is 0.954. The van der Waals surface area contributed by atoms with Crippen LogP contribution >= 0.6 is 11.6 Å². The number of amides is 1. The molecular weight excluding hydrogens is 367 g/mol. The third-order valence-electron chi connectivity index (χ3n) is 5.05. The van der Waals surface area contributed by atoms with Crippen molar-refractivity contribution >= 4 is 23.2 Å². The highest BCUT2D eigenvalue weighted by atomic mass is 35.5. The summed E-state index contributed by atoms with van der Waals surface area (Å²) >= 11 is 6.04. The fraction of sp³-hybridized carbons (Fsp3) is 0.556. The highest BCUT2D eigenvalue weighted by Gasteiger charge is 2.34. The van der Waals surface area contributed by atoms with Gasteiger partial charge >= 0.3 is 6.18 Å². The first kappa shape index (κ1) is 19.0. The van der Waals surface area contributed by atoms with Crippen LogP contribution in [-0.4, -0.2) is 33.3 Å². The lowest BCUT2D eigenvalue weighted by Gasteiger charge is -2.31. The molecule has 0 N–H and O–H groups in total. The summed E-state index contributed by atoms with van der Waals surface area (Å²) in [7, 11) is 1.71. The number of rotatable bonds is 3. The molecule has 0 atom stereocenters. The Morgan fingerprint density at radius 3 is 2.58 bits per heavy atom. The zero-order valence-electron chi connectivity index (χ0n) is 14.7. The summed E-state index contributed by atoms with van der Waals surface area (Å²) in [6.45, 7) is 1.82. The SMILES string of the molecule is CCc1nc2c(Cl)cc(C(F)(F)F)cn2c1C(=O)N(C)C1CCCCC1. The van der Waals surface area contributed by atoms with Crippen molar-refractivity contribution in [2.24, 2.45) is 0 Å². The van der Waals surface area contributed by atoms with Crippen molar-refractivity contribution in [1.82, 2.24) is 14.3 Å². The smallest absolute Gasteiger partial charge is 0.337 e. The van der Waals surface area contributed by atoms with E-state index >= 15 is 0 Å². The van der Waals surface area contributed by atoms with E-state index in [4.69, 9.17) is 11.6 Å². The summed E-state index contributed by atoms with van der Waals surface area (Å²) in [5.41, 5.74) is -0.0937. The van der Waals surface area contributed by atoms with E-state index < -0.39 is 11.7 Å². The van der Waals surface area contributed by atoms with Crippen LogP contribution in [0, 0.1) is 0 Å². The molecule has 0 unspecified atom stereocenters. The first-order chi connectivity index (χ1) is 12.2. The molecule has 4 nitrogen and oxygen atoms in total. The monoisotopic (exact) mass is 387 g/mol. The third-order valence-corrected chi connectivity index (χ3v) is 5.33. The quantitative estimate of drug-likeness (QED) is 0.745. The molecule has 0 saturated heterocycles. The Hall–Kier alpha value is -1.76. The molecule has 0 bridgehead atoms. The van der Waals surface area contributed by atoms with E-state index in [2.05, 4.69) is 4.98 Å². The fourth-order valence-electron chi connectivity index (χ4n) is 3.58. The first-order valence-corrected chi connectivity index (χ1v) is 9.16. The predicted molar refractivity (Wildman–Crippen MR) is 93.5 cm³/mol. The van der Waals surface area contributed by atoms with Gasteiger partial charge < -0.3 is 4.90 Å². The minimum absolute atomic E-state index is 0.104. The third kappa shape index (κ3) is 3.41. The number of nitrogens with zero attached hydrogens (tertiary/aromatic N) is 3. The first-order valence-electron chi connectivity index (χ1n) is 8.78. The van der Waals surface area contributed by atoms with Crippen LogP contribution in [-0.2, 0) is 12.6 Å². The molecule has 142 valence electrons. The van der Waals surface area contributed by atoms with Crippen LogP contribution in [0.1, 0.15) is 60.8 Å². The van der Waals surface area contributed by atoms with E-state index in [1.165, 1.54) is 4.40 Å². The molecule has 2 heterocycles. The molecule has 1 amide bonds. The van der Waals surface area contributed by atoms with Crippen LogP contribution in [0.3, 0.4) is 0 Å². The van der Waals surface area contributed by atoms with Gasteiger partial charge in [0.1, 0.15) is 5.69 Å². The predicted octanol–water partition coefficient (Wildman–Crippen LogP) is 4.97. The minimum Gasteiger partial charge on any atom is -0.337 e. The normalized spacial score (nSPS) is 16.2. The second-order valence-corrected chi connectivity index (χ2v) is 7.14. The van der Waals surface area contributed by atoms with Crippen LogP contribution in [0.4, 0.5) is 13.2 Å². The average Bonchev–Trinajstić information content (AvgIpc) is 2.99. The second kappa shape index (κ2) is 7.10. The van der Waals surface area contributed by atoms with Gasteiger partial charge in [-0.3, -0.25) is 9.20 Å². The van der Waals surface area contributed by atoms with Crippen molar-refractivity contribution in [3.05, 3.63) is 34.2 Å². The number of pyridine rings is 1. The minimum atomic E-state index is -4.55. The molecule has 0 aromatic carbocycles. The number of halogens is 4. The van der Waals surface area contributed by atoms with Gasteiger partial charge in [0, 0.05) is 19.3 Å². The molecule has 2 aromatic rings. The molecule has 8 heteroatoms. The van der Waals surface area contributed by atoms with E-state index in [-0.39, 0.29) is 28.3 Å². The standard InChI is InChI=1S/C18H21ClF3N3O/c1-3-14-15(17(26)24(2)12-7-5-4-6-8-12)25-10-11(18(20,21)22)9-13(19)16(25)23-14/h9-10,12H,3-8H2,1-2H3. The highest BCUT2D eigenvalue weighted by Crippen LogP contribution is 2.33. The molecule has 1 saturated carbocycles. The summed E-state index contributed by atoms with van der Waals surface area (Å²) < 4.78 is 40.7. The van der Waals surface area contributed by atoms with Gasteiger partial charge in [0.15, 0.2) is 5.65 Å². The molecular formula is C18H21ClF3N3O. The lowest BCUT2D eigenvalue weighted by molar-refractivity contribution is -0.137. The summed E-state index contributed by atoms with van der Waals surface area (Å²) in [5, 5.41) is -0.117. The zero-order valence-corrected chi connectivity index (χ0v) is 15.5. The number of fused-ring (bicyclic) bond motifs is 1. The Bertz CT molecular complexity index is 825. The van der Waals surface area contributed by atoms with Crippen LogP contribution in [0.5, 0.6) is 0 Å². The summed E-state index contributed by atoms with van der Waals surface area (Å²) in [6.07, 6.45) is 1.88. The van der Waals surface area contributed by atoms with Gasteiger partial charge in [0.2, 0.25) is 0 Å². The lowest BCUT2D eigenvalue weighted by Crippen LogP contribution is -2.39.